The first kappa shape index (κ1) is 24.5. The number of hydrogen-bond donors (Lipinski definition) is 0. The Bertz CT molecular complexity index is 1030. The maximum atomic E-state index is 13.2. The van der Waals surface area contributed by atoms with Crippen LogP contribution in [0.25, 0.3) is 0 Å². The Labute approximate surface area is 195 Å². The van der Waals surface area contributed by atoms with Crippen LogP contribution in [0.4, 0.5) is 0 Å². The number of ether oxygens (including phenoxy) is 2. The number of sulfone groups is 1. The van der Waals surface area contributed by atoms with Gasteiger partial charge < -0.3 is 0 Å². The topological polar surface area (TPSA) is 86.7 Å². The summed E-state index contributed by atoms with van der Waals surface area (Å²) in [6.45, 7) is 1.90. The van der Waals surface area contributed by atoms with Crippen LogP contribution in [0.2, 0.25) is 5.32 Å². The van der Waals surface area contributed by atoms with Crippen LogP contribution >= 0.6 is 0 Å². The second-order valence-electron chi connectivity index (χ2n) is 8.21. The van der Waals surface area contributed by atoms with Crippen molar-refractivity contribution >= 4 is 41.2 Å². The zero-order valence-corrected chi connectivity index (χ0v) is 21.0. The summed E-state index contributed by atoms with van der Waals surface area (Å²) < 4.78 is 37.5. The molecule has 0 saturated heterocycles. The van der Waals surface area contributed by atoms with Gasteiger partial charge in [0.1, 0.15) is 0 Å². The molecule has 3 rings (SSSR count). The van der Waals surface area contributed by atoms with Crippen molar-refractivity contribution in [1.29, 1.82) is 0 Å². The Morgan fingerprint density at radius 3 is 2.06 bits per heavy atom. The monoisotopic (exact) mass is 524 g/mol. The predicted octanol–water partition coefficient (Wildman–Crippen LogP) is 2.58. The molecular formula is C24H28O6SSe. The quantitative estimate of drug-likeness (QED) is 0.300. The minimum atomic E-state index is -3.59. The summed E-state index contributed by atoms with van der Waals surface area (Å²) in [6, 6.07) is 16.7. The Morgan fingerprint density at radius 2 is 1.50 bits per heavy atom. The standard InChI is InChI=1S/C24H28O6SSe/c1-17-9-11-20(12-10-17)31(27,28)15-18-13-24(22(25)29-2,23(26)30-3)14-19(18)16-32-21-7-5-4-6-8-21/h4-12,18-19H,13-16H2,1-3H3/t18-,19+/m0/s1. The van der Waals surface area contributed by atoms with Crippen LogP contribution in [-0.2, 0) is 28.9 Å². The van der Waals surface area contributed by atoms with Crippen LogP contribution in [-0.4, -0.2) is 55.3 Å². The van der Waals surface area contributed by atoms with Gasteiger partial charge in [0.2, 0.25) is 0 Å². The fraction of sp³-hybridized carbons (Fsp3) is 0.417. The summed E-state index contributed by atoms with van der Waals surface area (Å²) in [7, 11) is -1.10. The molecule has 6 nitrogen and oxygen atoms in total. The van der Waals surface area contributed by atoms with E-state index < -0.39 is 27.2 Å². The number of benzene rings is 2. The van der Waals surface area contributed by atoms with Crippen molar-refractivity contribution in [1.82, 2.24) is 0 Å². The van der Waals surface area contributed by atoms with Gasteiger partial charge in [-0.25, -0.2) is 0 Å². The molecule has 0 radical (unpaired) electrons. The van der Waals surface area contributed by atoms with Crippen molar-refractivity contribution < 1.29 is 27.5 Å². The van der Waals surface area contributed by atoms with Crippen LogP contribution in [0, 0.1) is 24.2 Å². The van der Waals surface area contributed by atoms with Gasteiger partial charge in [-0.15, -0.1) is 0 Å². The molecule has 0 aliphatic heterocycles. The summed E-state index contributed by atoms with van der Waals surface area (Å²) in [5.41, 5.74) is -0.488. The van der Waals surface area contributed by atoms with Gasteiger partial charge in [0, 0.05) is 0 Å². The molecule has 0 aromatic heterocycles. The van der Waals surface area contributed by atoms with Crippen LogP contribution in [0.1, 0.15) is 18.4 Å². The Kier molecular flexibility index (Phi) is 7.80. The fourth-order valence-corrected chi connectivity index (χ4v) is 8.45. The van der Waals surface area contributed by atoms with Crippen LogP contribution in [0.15, 0.2) is 59.5 Å². The van der Waals surface area contributed by atoms with Crippen LogP contribution in [0.5, 0.6) is 0 Å². The van der Waals surface area contributed by atoms with Crippen molar-refractivity contribution in [2.45, 2.75) is 30.0 Å². The third-order valence-corrected chi connectivity index (χ3v) is 10.4. The number of methoxy groups -OCH3 is 2. The van der Waals surface area contributed by atoms with E-state index in [0.717, 1.165) is 10.9 Å². The van der Waals surface area contributed by atoms with E-state index in [9.17, 15) is 18.0 Å². The molecule has 1 saturated carbocycles. The first-order chi connectivity index (χ1) is 15.2. The molecule has 1 aliphatic carbocycles. The molecule has 32 heavy (non-hydrogen) atoms. The molecule has 0 heterocycles. The average Bonchev–Trinajstić information content (AvgIpc) is 3.16. The average molecular weight is 524 g/mol. The van der Waals surface area contributed by atoms with Gasteiger partial charge in [-0.3, -0.25) is 0 Å². The number of carbonyl (C=O) groups excluding carboxylic acids is 2. The SMILES string of the molecule is COC(=O)C1(C(=O)OC)C[C@H](C[Se]c2ccccc2)[C@H](CS(=O)(=O)c2ccc(C)cc2)C1. The molecule has 0 N–H and O–H groups in total. The number of hydrogen-bond acceptors (Lipinski definition) is 6. The third-order valence-electron chi connectivity index (χ3n) is 6.06. The Hall–Kier alpha value is -2.15. The summed E-state index contributed by atoms with van der Waals surface area (Å²) in [4.78, 5) is 25.7. The number of aryl methyl sites for hydroxylation is 1. The fourth-order valence-electron chi connectivity index (χ4n) is 4.35. The summed E-state index contributed by atoms with van der Waals surface area (Å²) >= 11 is 0.0834. The zero-order chi connectivity index (χ0) is 23.4. The first-order valence-corrected chi connectivity index (χ1v) is 14.1. The van der Waals surface area contributed by atoms with Crippen molar-refractivity contribution in [2.75, 3.05) is 20.0 Å². The zero-order valence-electron chi connectivity index (χ0n) is 18.4. The molecule has 172 valence electrons. The molecule has 2 atom stereocenters. The van der Waals surface area contributed by atoms with E-state index in [2.05, 4.69) is 0 Å². The van der Waals surface area contributed by atoms with Crippen molar-refractivity contribution in [3.8, 4) is 0 Å². The van der Waals surface area contributed by atoms with E-state index in [1.165, 1.54) is 18.7 Å². The molecule has 1 aliphatic rings. The molecule has 1 fully saturated rings. The molecular weight excluding hydrogens is 495 g/mol. The molecule has 2 aromatic rings. The van der Waals surface area contributed by atoms with E-state index in [0.29, 0.717) is 0 Å². The van der Waals surface area contributed by atoms with Gasteiger partial charge in [-0.2, -0.15) is 0 Å². The Morgan fingerprint density at radius 1 is 0.938 bits per heavy atom. The van der Waals surface area contributed by atoms with Gasteiger partial charge in [0.25, 0.3) is 0 Å². The van der Waals surface area contributed by atoms with Gasteiger partial charge >= 0.3 is 196 Å². The van der Waals surface area contributed by atoms with E-state index in [1.54, 1.807) is 24.3 Å². The van der Waals surface area contributed by atoms with E-state index in [4.69, 9.17) is 9.47 Å². The van der Waals surface area contributed by atoms with Crippen LogP contribution < -0.4 is 4.46 Å². The summed E-state index contributed by atoms with van der Waals surface area (Å²) in [6.07, 6.45) is 0.335. The van der Waals surface area contributed by atoms with Crippen molar-refractivity contribution in [3.05, 3.63) is 60.2 Å². The van der Waals surface area contributed by atoms with Crippen molar-refractivity contribution in [3.63, 3.8) is 0 Å². The van der Waals surface area contributed by atoms with Gasteiger partial charge in [0.05, 0.1) is 0 Å². The molecule has 0 amide bonds. The minimum absolute atomic E-state index is 0.0834. The molecule has 0 bridgehead atoms. The number of carbonyl (C=O) groups is 2. The second-order valence-corrected chi connectivity index (χ2v) is 12.5. The van der Waals surface area contributed by atoms with Crippen molar-refractivity contribution in [2.24, 2.45) is 17.3 Å². The molecule has 2 aromatic carbocycles. The summed E-state index contributed by atoms with van der Waals surface area (Å²) in [5, 5.41) is 0.723. The Balaban J connectivity index is 1.90. The third kappa shape index (κ3) is 5.25. The first-order valence-electron chi connectivity index (χ1n) is 10.4. The normalized spacial score (nSPS) is 20.0. The van der Waals surface area contributed by atoms with Gasteiger partial charge in [0.15, 0.2) is 0 Å². The summed E-state index contributed by atoms with van der Waals surface area (Å²) in [5.74, 6) is -1.91. The maximum absolute atomic E-state index is 13.2. The number of rotatable bonds is 8. The van der Waals surface area contributed by atoms with Gasteiger partial charge in [-0.05, 0) is 0 Å². The van der Waals surface area contributed by atoms with Crippen LogP contribution in [0.3, 0.4) is 0 Å². The molecule has 0 spiro atoms. The number of esters is 2. The molecule has 0 unspecified atom stereocenters. The van der Waals surface area contributed by atoms with E-state index in [1.807, 2.05) is 37.3 Å². The second kappa shape index (κ2) is 10.2. The van der Waals surface area contributed by atoms with E-state index >= 15 is 0 Å². The predicted molar refractivity (Wildman–Crippen MR) is 123 cm³/mol. The van der Waals surface area contributed by atoms with E-state index in [-0.39, 0.29) is 50.3 Å². The molecule has 8 heteroatoms. The van der Waals surface area contributed by atoms with Gasteiger partial charge in [-0.1, -0.05) is 0 Å².